The normalized spacial score (nSPS) is 20.6. The van der Waals surface area contributed by atoms with Gasteiger partial charge < -0.3 is 15.0 Å². The fourth-order valence-corrected chi connectivity index (χ4v) is 2.60. The zero-order valence-corrected chi connectivity index (χ0v) is 11.7. The van der Waals surface area contributed by atoms with Crippen molar-refractivity contribution in [2.45, 2.75) is 31.4 Å². The van der Waals surface area contributed by atoms with Gasteiger partial charge in [0, 0.05) is 25.2 Å². The summed E-state index contributed by atoms with van der Waals surface area (Å²) in [7, 11) is 1.87. The van der Waals surface area contributed by atoms with Crippen molar-refractivity contribution in [3.8, 4) is 6.07 Å². The predicted molar refractivity (Wildman–Crippen MR) is 75.3 cm³/mol. The van der Waals surface area contributed by atoms with Crippen LogP contribution in [0.25, 0.3) is 0 Å². The van der Waals surface area contributed by atoms with Crippen LogP contribution in [0.3, 0.4) is 0 Å². The van der Waals surface area contributed by atoms with E-state index >= 15 is 0 Å². The van der Waals surface area contributed by atoms with Gasteiger partial charge in [0.05, 0.1) is 11.6 Å². The summed E-state index contributed by atoms with van der Waals surface area (Å²) in [4.78, 5) is 4.21. The number of nitriles is 1. The second-order valence-electron chi connectivity index (χ2n) is 5.24. The molecule has 1 aliphatic rings. The molecule has 108 valence electrons. The zero-order valence-electron chi connectivity index (χ0n) is 11.7. The molecule has 2 N–H and O–H groups in total. The number of pyridine rings is 1. The average molecular weight is 284 g/mol. The summed E-state index contributed by atoms with van der Waals surface area (Å²) < 4.78 is 1.86. The van der Waals surface area contributed by atoms with Crippen LogP contribution in [0.15, 0.2) is 18.3 Å². The molecular weight excluding hydrogens is 268 g/mol. The number of aliphatic hydroxyl groups is 1. The van der Waals surface area contributed by atoms with Crippen molar-refractivity contribution < 1.29 is 5.11 Å². The van der Waals surface area contributed by atoms with Gasteiger partial charge in [-0.25, -0.2) is 4.98 Å². The second kappa shape index (κ2) is 5.50. The molecule has 2 aromatic rings. The molecule has 7 nitrogen and oxygen atoms in total. The Morgan fingerprint density at radius 2 is 2.29 bits per heavy atom. The van der Waals surface area contributed by atoms with E-state index in [1.807, 2.05) is 11.6 Å². The largest absolute Gasteiger partial charge is 0.388 e. The molecule has 0 unspecified atom stereocenters. The van der Waals surface area contributed by atoms with Crippen molar-refractivity contribution in [1.29, 1.82) is 5.26 Å². The van der Waals surface area contributed by atoms with E-state index in [1.165, 1.54) is 0 Å². The summed E-state index contributed by atoms with van der Waals surface area (Å²) >= 11 is 0. The SMILES string of the molecule is Cn1c(CO)nnc1C1CC(Nc2cc(C#N)ccn2)C1. The molecule has 0 atom stereocenters. The molecule has 0 spiro atoms. The summed E-state index contributed by atoms with van der Waals surface area (Å²) in [6, 6.07) is 5.86. The van der Waals surface area contributed by atoms with E-state index in [1.54, 1.807) is 18.3 Å². The summed E-state index contributed by atoms with van der Waals surface area (Å²) in [5.41, 5.74) is 0.601. The van der Waals surface area contributed by atoms with E-state index in [9.17, 15) is 0 Å². The zero-order chi connectivity index (χ0) is 14.8. The van der Waals surface area contributed by atoms with Crippen molar-refractivity contribution in [1.82, 2.24) is 19.7 Å². The molecule has 2 heterocycles. The first kappa shape index (κ1) is 13.5. The van der Waals surface area contributed by atoms with Gasteiger partial charge >= 0.3 is 0 Å². The lowest BCUT2D eigenvalue weighted by Crippen LogP contribution is -2.35. The van der Waals surface area contributed by atoms with E-state index in [2.05, 4.69) is 26.6 Å². The van der Waals surface area contributed by atoms with E-state index in [-0.39, 0.29) is 6.61 Å². The lowest BCUT2D eigenvalue weighted by molar-refractivity contribution is 0.265. The molecule has 1 aliphatic carbocycles. The number of anilines is 1. The smallest absolute Gasteiger partial charge is 0.158 e. The van der Waals surface area contributed by atoms with Crippen LogP contribution in [0.2, 0.25) is 0 Å². The third-order valence-corrected chi connectivity index (χ3v) is 3.88. The maximum absolute atomic E-state index is 9.13. The van der Waals surface area contributed by atoms with E-state index in [0.717, 1.165) is 24.5 Å². The highest BCUT2D eigenvalue weighted by Crippen LogP contribution is 2.37. The van der Waals surface area contributed by atoms with E-state index in [4.69, 9.17) is 10.4 Å². The maximum atomic E-state index is 9.13. The molecule has 0 saturated heterocycles. The van der Waals surface area contributed by atoms with Crippen LogP contribution in [-0.4, -0.2) is 30.9 Å². The molecule has 1 fully saturated rings. The van der Waals surface area contributed by atoms with Crippen LogP contribution >= 0.6 is 0 Å². The van der Waals surface area contributed by atoms with Gasteiger partial charge in [-0.2, -0.15) is 5.26 Å². The highest BCUT2D eigenvalue weighted by Gasteiger charge is 2.34. The Bertz CT molecular complexity index is 683. The monoisotopic (exact) mass is 284 g/mol. The fourth-order valence-electron chi connectivity index (χ4n) is 2.60. The van der Waals surface area contributed by atoms with E-state index in [0.29, 0.717) is 23.3 Å². The van der Waals surface area contributed by atoms with Crippen LogP contribution in [0, 0.1) is 11.3 Å². The Morgan fingerprint density at radius 3 is 2.95 bits per heavy atom. The summed E-state index contributed by atoms with van der Waals surface area (Å²) in [5.74, 6) is 2.58. The van der Waals surface area contributed by atoms with Crippen molar-refractivity contribution in [3.63, 3.8) is 0 Å². The quantitative estimate of drug-likeness (QED) is 0.866. The standard InChI is InChI=1S/C14H16N6O/c1-20-13(8-21)18-19-14(20)10-5-11(6-10)17-12-4-9(7-15)2-3-16-12/h2-4,10-11,21H,5-6,8H2,1H3,(H,16,17). The highest BCUT2D eigenvalue weighted by atomic mass is 16.3. The average Bonchev–Trinajstić information content (AvgIpc) is 2.83. The van der Waals surface area contributed by atoms with Gasteiger partial charge in [0.1, 0.15) is 18.2 Å². The third kappa shape index (κ3) is 2.58. The molecule has 7 heteroatoms. The van der Waals surface area contributed by atoms with Crippen LogP contribution < -0.4 is 5.32 Å². The summed E-state index contributed by atoms with van der Waals surface area (Å²) in [5, 5.41) is 29.4. The van der Waals surface area contributed by atoms with Crippen LogP contribution in [0.1, 0.15) is 36.0 Å². The van der Waals surface area contributed by atoms with Crippen molar-refractivity contribution in [3.05, 3.63) is 35.5 Å². The van der Waals surface area contributed by atoms with Gasteiger partial charge in [0.2, 0.25) is 0 Å². The molecule has 0 bridgehead atoms. The number of hydrogen-bond acceptors (Lipinski definition) is 6. The minimum atomic E-state index is -0.0945. The molecule has 21 heavy (non-hydrogen) atoms. The Kier molecular flexibility index (Phi) is 3.54. The minimum absolute atomic E-state index is 0.0945. The lowest BCUT2D eigenvalue weighted by Gasteiger charge is -2.35. The number of aliphatic hydroxyl groups excluding tert-OH is 1. The Morgan fingerprint density at radius 1 is 1.48 bits per heavy atom. The van der Waals surface area contributed by atoms with Crippen molar-refractivity contribution in [2.24, 2.45) is 7.05 Å². The van der Waals surface area contributed by atoms with Gasteiger partial charge in [-0.3, -0.25) is 0 Å². The Hall–Kier alpha value is -2.46. The molecule has 0 amide bonds. The number of rotatable bonds is 4. The number of nitrogens with zero attached hydrogens (tertiary/aromatic N) is 5. The Labute approximate surface area is 122 Å². The first-order chi connectivity index (χ1) is 10.2. The molecule has 0 radical (unpaired) electrons. The molecule has 2 aromatic heterocycles. The van der Waals surface area contributed by atoms with Gasteiger partial charge in [0.25, 0.3) is 0 Å². The second-order valence-corrected chi connectivity index (χ2v) is 5.24. The fraction of sp³-hybridized carbons (Fsp3) is 0.429. The van der Waals surface area contributed by atoms with Crippen LogP contribution in [-0.2, 0) is 13.7 Å². The first-order valence-electron chi connectivity index (χ1n) is 6.83. The molecule has 1 saturated carbocycles. The minimum Gasteiger partial charge on any atom is -0.388 e. The number of nitrogens with one attached hydrogen (secondary N) is 1. The van der Waals surface area contributed by atoms with Gasteiger partial charge in [0.15, 0.2) is 5.82 Å². The summed E-state index contributed by atoms with van der Waals surface area (Å²) in [6.07, 6.45) is 3.51. The highest BCUT2D eigenvalue weighted by molar-refractivity contribution is 5.43. The van der Waals surface area contributed by atoms with Crippen molar-refractivity contribution >= 4 is 5.82 Å². The van der Waals surface area contributed by atoms with Gasteiger partial charge in [-0.1, -0.05) is 0 Å². The van der Waals surface area contributed by atoms with Gasteiger partial charge in [-0.05, 0) is 25.0 Å². The third-order valence-electron chi connectivity index (χ3n) is 3.88. The van der Waals surface area contributed by atoms with E-state index < -0.39 is 0 Å². The Balaban J connectivity index is 1.60. The van der Waals surface area contributed by atoms with Crippen LogP contribution in [0.5, 0.6) is 0 Å². The predicted octanol–water partition coefficient (Wildman–Crippen LogP) is 0.932. The van der Waals surface area contributed by atoms with Crippen LogP contribution in [0.4, 0.5) is 5.82 Å². The maximum Gasteiger partial charge on any atom is 0.158 e. The number of aromatic nitrogens is 4. The molecule has 0 aromatic carbocycles. The lowest BCUT2D eigenvalue weighted by atomic mass is 9.79. The molecular formula is C14H16N6O. The topological polar surface area (TPSA) is 99.6 Å². The molecule has 3 rings (SSSR count). The van der Waals surface area contributed by atoms with Gasteiger partial charge in [-0.15, -0.1) is 10.2 Å². The molecule has 0 aliphatic heterocycles. The first-order valence-corrected chi connectivity index (χ1v) is 6.83. The summed E-state index contributed by atoms with van der Waals surface area (Å²) in [6.45, 7) is -0.0945. The number of hydrogen-bond donors (Lipinski definition) is 2. The van der Waals surface area contributed by atoms with Crippen molar-refractivity contribution in [2.75, 3.05) is 5.32 Å².